The maximum absolute atomic E-state index is 15.5. The van der Waals surface area contributed by atoms with Crippen molar-refractivity contribution in [3.05, 3.63) is 80.9 Å². The Morgan fingerprint density at radius 1 is 0.938 bits per heavy atom. The highest BCUT2D eigenvalue weighted by molar-refractivity contribution is 14.1. The predicted octanol–water partition coefficient (Wildman–Crippen LogP) is 7.57. The summed E-state index contributed by atoms with van der Waals surface area (Å²) in [4.78, 5) is 22.1. The number of carboxylic acid groups (broad SMARTS) is 1. The summed E-state index contributed by atoms with van der Waals surface area (Å²) in [6.07, 6.45) is 0. The van der Waals surface area contributed by atoms with Crippen LogP contribution in [0.3, 0.4) is 0 Å². The third-order valence-corrected chi connectivity index (χ3v) is 6.10. The van der Waals surface area contributed by atoms with Gasteiger partial charge in [0.15, 0.2) is 11.5 Å². The van der Waals surface area contributed by atoms with Crippen molar-refractivity contribution in [2.75, 3.05) is 10.6 Å². The van der Waals surface area contributed by atoms with Gasteiger partial charge < -0.3 is 15.7 Å². The molecule has 0 aromatic heterocycles. The summed E-state index contributed by atoms with van der Waals surface area (Å²) in [6.45, 7) is 0. The Kier molecular flexibility index (Phi) is 7.62. The fraction of sp³-hybridized carbons (Fsp3) is 0. The molecular weight excluding hydrogens is 697 g/mol. The van der Waals surface area contributed by atoms with E-state index in [4.69, 9.17) is 23.2 Å². The number of nitro groups is 1. The quantitative estimate of drug-likeness (QED) is 0.139. The molecule has 3 aromatic carbocycles. The maximum atomic E-state index is 15.5. The summed E-state index contributed by atoms with van der Waals surface area (Å²) >= 11 is 16.2. The molecule has 13 heteroatoms. The lowest BCUT2D eigenvalue weighted by Gasteiger charge is -2.17. The standard InChI is InChI=1S/C19H9Cl2F2I2N3O4/c20-9-5-7(24)1-3-11(9)26-16-13(19(29)30)14(22)18(28(31)32)17(15(16)23)27-12-4-2-8(25)6-10(12)21/h1-6,26-27H,(H,29,30). The molecule has 3 aromatic rings. The molecule has 0 amide bonds. The molecule has 0 fully saturated rings. The second-order valence-corrected chi connectivity index (χ2v) is 9.47. The lowest BCUT2D eigenvalue weighted by Crippen LogP contribution is -2.14. The third kappa shape index (κ3) is 5.00. The van der Waals surface area contributed by atoms with Gasteiger partial charge in [0.25, 0.3) is 0 Å². The number of benzene rings is 3. The molecule has 0 unspecified atom stereocenters. The van der Waals surface area contributed by atoms with Gasteiger partial charge in [-0.25, -0.2) is 9.18 Å². The number of halogens is 6. The van der Waals surface area contributed by atoms with E-state index in [1.807, 2.05) is 45.2 Å². The molecule has 0 radical (unpaired) electrons. The molecule has 0 saturated heterocycles. The Hall–Kier alpha value is -1.97. The molecule has 0 aliphatic rings. The second kappa shape index (κ2) is 9.89. The van der Waals surface area contributed by atoms with Gasteiger partial charge in [0.2, 0.25) is 5.82 Å². The fourth-order valence-electron chi connectivity index (χ4n) is 2.73. The summed E-state index contributed by atoms with van der Waals surface area (Å²) in [6, 6.07) is 9.04. The van der Waals surface area contributed by atoms with Gasteiger partial charge in [-0.05, 0) is 81.6 Å². The number of nitro benzene ring substituents is 1. The van der Waals surface area contributed by atoms with Gasteiger partial charge in [0.05, 0.1) is 32.0 Å². The van der Waals surface area contributed by atoms with E-state index in [2.05, 4.69) is 10.6 Å². The first-order chi connectivity index (χ1) is 15.0. The van der Waals surface area contributed by atoms with Gasteiger partial charge >= 0.3 is 11.7 Å². The van der Waals surface area contributed by atoms with Gasteiger partial charge in [0, 0.05) is 7.14 Å². The summed E-state index contributed by atoms with van der Waals surface area (Å²) < 4.78 is 32.1. The molecule has 0 bridgehead atoms. The predicted molar refractivity (Wildman–Crippen MR) is 135 cm³/mol. The Balaban J connectivity index is 2.28. The smallest absolute Gasteiger partial charge is 0.341 e. The first-order valence-electron chi connectivity index (χ1n) is 8.38. The molecule has 3 N–H and O–H groups in total. The summed E-state index contributed by atoms with van der Waals surface area (Å²) in [5, 5.41) is 26.1. The first kappa shape index (κ1) is 24.7. The topological polar surface area (TPSA) is 104 Å². The zero-order chi connectivity index (χ0) is 23.7. The van der Waals surface area contributed by atoms with Crippen molar-refractivity contribution in [1.29, 1.82) is 0 Å². The Morgan fingerprint density at radius 3 is 1.81 bits per heavy atom. The minimum atomic E-state index is -1.91. The number of nitrogens with one attached hydrogen (secondary N) is 2. The number of hydrogen-bond acceptors (Lipinski definition) is 5. The zero-order valence-corrected chi connectivity index (χ0v) is 21.2. The van der Waals surface area contributed by atoms with E-state index in [0.717, 1.165) is 7.14 Å². The number of hydrogen-bond donors (Lipinski definition) is 3. The van der Waals surface area contributed by atoms with E-state index in [1.165, 1.54) is 24.3 Å². The number of carboxylic acids is 1. The third-order valence-electron chi connectivity index (χ3n) is 4.13. The van der Waals surface area contributed by atoms with Crippen LogP contribution in [0.4, 0.5) is 37.2 Å². The van der Waals surface area contributed by atoms with E-state index in [9.17, 15) is 20.0 Å². The molecule has 7 nitrogen and oxygen atoms in total. The first-order valence-corrected chi connectivity index (χ1v) is 11.3. The van der Waals surface area contributed by atoms with Gasteiger partial charge in [-0.2, -0.15) is 4.39 Å². The molecule has 0 saturated carbocycles. The van der Waals surface area contributed by atoms with Crippen LogP contribution < -0.4 is 10.6 Å². The lowest BCUT2D eigenvalue weighted by molar-refractivity contribution is -0.386. The van der Waals surface area contributed by atoms with Gasteiger partial charge in [-0.15, -0.1) is 0 Å². The number of aromatic carboxylic acids is 1. The van der Waals surface area contributed by atoms with Crippen molar-refractivity contribution in [2.45, 2.75) is 0 Å². The van der Waals surface area contributed by atoms with Gasteiger partial charge in [0.1, 0.15) is 5.56 Å². The fourth-order valence-corrected chi connectivity index (χ4v) is 4.54. The van der Waals surface area contributed by atoms with Crippen molar-refractivity contribution in [3.63, 3.8) is 0 Å². The molecular formula is C19H9Cl2F2I2N3O4. The average molecular weight is 706 g/mol. The molecule has 3 rings (SSSR count). The Bertz CT molecular complexity index is 1190. The number of rotatable bonds is 6. The van der Waals surface area contributed by atoms with Crippen molar-refractivity contribution < 1.29 is 23.6 Å². The molecule has 0 aliphatic carbocycles. The minimum Gasteiger partial charge on any atom is -0.478 e. The maximum Gasteiger partial charge on any atom is 0.341 e. The Morgan fingerprint density at radius 2 is 1.41 bits per heavy atom. The van der Waals surface area contributed by atoms with Crippen LogP contribution in [0.15, 0.2) is 36.4 Å². The highest BCUT2D eigenvalue weighted by Gasteiger charge is 2.35. The Labute approximate surface area is 216 Å². The van der Waals surface area contributed by atoms with Crippen LogP contribution in [-0.4, -0.2) is 16.0 Å². The number of anilines is 4. The molecule has 0 spiro atoms. The molecule has 0 aliphatic heterocycles. The van der Waals surface area contributed by atoms with Crippen LogP contribution in [0.1, 0.15) is 10.4 Å². The van der Waals surface area contributed by atoms with Crippen LogP contribution in [-0.2, 0) is 0 Å². The van der Waals surface area contributed by atoms with Crippen LogP contribution >= 0.6 is 68.4 Å². The largest absolute Gasteiger partial charge is 0.478 e. The highest BCUT2D eigenvalue weighted by Crippen LogP contribution is 2.43. The molecule has 32 heavy (non-hydrogen) atoms. The average Bonchev–Trinajstić information content (AvgIpc) is 2.68. The number of carbonyl (C=O) groups is 1. The summed E-state index contributed by atoms with van der Waals surface area (Å²) in [5.74, 6) is -5.05. The van der Waals surface area contributed by atoms with E-state index in [0.29, 0.717) is 0 Å². The SMILES string of the molecule is O=C(O)c1c(F)c([N+](=O)[O-])c(Nc2ccc(I)cc2Cl)c(F)c1Nc1ccc(I)cc1Cl. The van der Waals surface area contributed by atoms with Crippen molar-refractivity contribution in [3.8, 4) is 0 Å². The molecule has 0 heterocycles. The second-order valence-electron chi connectivity index (χ2n) is 6.16. The molecule has 0 atom stereocenters. The van der Waals surface area contributed by atoms with Crippen molar-refractivity contribution in [1.82, 2.24) is 0 Å². The van der Waals surface area contributed by atoms with Crippen LogP contribution in [0.2, 0.25) is 10.0 Å². The number of nitrogens with zero attached hydrogens (tertiary/aromatic N) is 1. The monoisotopic (exact) mass is 705 g/mol. The summed E-state index contributed by atoms with van der Waals surface area (Å²) in [5.41, 5.74) is -4.25. The van der Waals surface area contributed by atoms with Crippen LogP contribution in [0, 0.1) is 28.9 Å². The van der Waals surface area contributed by atoms with E-state index < -0.39 is 45.2 Å². The minimum absolute atomic E-state index is 0.0507. The van der Waals surface area contributed by atoms with Crippen LogP contribution in [0.25, 0.3) is 0 Å². The molecule has 166 valence electrons. The van der Waals surface area contributed by atoms with E-state index >= 15 is 8.78 Å². The zero-order valence-electron chi connectivity index (χ0n) is 15.4. The van der Waals surface area contributed by atoms with Gasteiger partial charge in [-0.3, -0.25) is 10.1 Å². The highest BCUT2D eigenvalue weighted by atomic mass is 127. The summed E-state index contributed by atoms with van der Waals surface area (Å²) in [7, 11) is 0. The normalized spacial score (nSPS) is 10.7. The van der Waals surface area contributed by atoms with Crippen molar-refractivity contribution >= 4 is 103 Å². The van der Waals surface area contributed by atoms with Crippen LogP contribution in [0.5, 0.6) is 0 Å². The van der Waals surface area contributed by atoms with E-state index in [1.54, 1.807) is 12.1 Å². The van der Waals surface area contributed by atoms with Gasteiger partial charge in [-0.1, -0.05) is 23.2 Å². The van der Waals surface area contributed by atoms with E-state index in [-0.39, 0.29) is 21.4 Å². The van der Waals surface area contributed by atoms with Crippen molar-refractivity contribution in [2.24, 2.45) is 0 Å². The lowest BCUT2D eigenvalue weighted by atomic mass is 10.1.